The third-order valence-electron chi connectivity index (χ3n) is 6.58. The van der Waals surface area contributed by atoms with E-state index < -0.39 is 17.1 Å². The van der Waals surface area contributed by atoms with E-state index in [0.717, 1.165) is 23.8 Å². The third kappa shape index (κ3) is 6.19. The Balaban J connectivity index is 1.74. The van der Waals surface area contributed by atoms with E-state index in [1.54, 1.807) is 48.5 Å². The minimum Gasteiger partial charge on any atom is -0.493 e. The first-order valence-electron chi connectivity index (χ1n) is 12.9. The van der Waals surface area contributed by atoms with Crippen molar-refractivity contribution in [3.8, 4) is 11.5 Å². The van der Waals surface area contributed by atoms with Crippen LogP contribution in [-0.4, -0.2) is 35.8 Å². The maximum absolute atomic E-state index is 13.9. The first kappa shape index (κ1) is 27.6. The van der Waals surface area contributed by atoms with Gasteiger partial charge in [-0.2, -0.15) is 0 Å². The summed E-state index contributed by atoms with van der Waals surface area (Å²) in [5.41, 5.74) is 1.03. The van der Waals surface area contributed by atoms with Crippen LogP contribution in [0.25, 0.3) is 10.9 Å². The average Bonchev–Trinajstić information content (AvgIpc) is 2.95. The van der Waals surface area contributed by atoms with Crippen molar-refractivity contribution in [2.75, 3.05) is 20.8 Å². The minimum atomic E-state index is -0.554. The summed E-state index contributed by atoms with van der Waals surface area (Å²) in [7, 11) is 2.93. The molecule has 0 atom stereocenters. The molecule has 3 aromatic carbocycles. The van der Waals surface area contributed by atoms with Gasteiger partial charge in [0, 0.05) is 18.2 Å². The summed E-state index contributed by atoms with van der Waals surface area (Å²) in [6, 6.07) is 15.9. The number of rotatable bonds is 11. The Morgan fingerprint density at radius 3 is 2.23 bits per heavy atom. The van der Waals surface area contributed by atoms with Crippen LogP contribution in [0.3, 0.4) is 0 Å². The first-order valence-corrected chi connectivity index (χ1v) is 12.9. The van der Waals surface area contributed by atoms with Gasteiger partial charge in [0.1, 0.15) is 5.82 Å². The van der Waals surface area contributed by atoms with Crippen LogP contribution in [0, 0.1) is 5.82 Å². The zero-order valence-electron chi connectivity index (χ0n) is 22.3. The molecule has 1 N–H and O–H groups in total. The maximum Gasteiger partial charge on any atom is 0.332 e. The summed E-state index contributed by atoms with van der Waals surface area (Å²) in [6.07, 6.45) is 3.04. The highest BCUT2D eigenvalue weighted by Gasteiger charge is 2.18. The molecule has 1 heterocycles. The van der Waals surface area contributed by atoms with Crippen LogP contribution < -0.4 is 26.0 Å². The second-order valence-corrected chi connectivity index (χ2v) is 9.27. The van der Waals surface area contributed by atoms with Crippen molar-refractivity contribution in [2.45, 2.75) is 39.3 Å². The molecule has 4 aromatic rings. The predicted octanol–water partition coefficient (Wildman–Crippen LogP) is 4.34. The standard InChI is InChI=1S/C30H32FN3O5/c1-4-5-6-14-32-28(35)22-12-10-20(11-13-22)18-34-29(36)24-16-26(38-2)27(39-3)17-25(24)33(30(34)37)19-21-8-7-9-23(31)15-21/h7-13,15-17H,4-6,14,18-19H2,1-3H3,(H,32,35). The Hall–Kier alpha value is -4.40. The molecule has 0 radical (unpaired) electrons. The molecule has 0 fully saturated rings. The second kappa shape index (κ2) is 12.4. The summed E-state index contributed by atoms with van der Waals surface area (Å²) in [5.74, 6) is 0.114. The highest BCUT2D eigenvalue weighted by Crippen LogP contribution is 2.30. The summed E-state index contributed by atoms with van der Waals surface area (Å²) >= 11 is 0. The molecule has 1 aromatic heterocycles. The Morgan fingerprint density at radius 1 is 0.872 bits per heavy atom. The zero-order chi connectivity index (χ0) is 27.9. The number of ether oxygens (including phenoxy) is 2. The maximum atomic E-state index is 13.9. The van der Waals surface area contributed by atoms with Crippen LogP contribution in [0.4, 0.5) is 4.39 Å². The molecular formula is C30H32FN3O5. The molecule has 39 heavy (non-hydrogen) atoms. The van der Waals surface area contributed by atoms with Gasteiger partial charge in [0.15, 0.2) is 11.5 Å². The number of nitrogens with zero attached hydrogens (tertiary/aromatic N) is 2. The van der Waals surface area contributed by atoms with E-state index >= 15 is 0 Å². The van der Waals surface area contributed by atoms with Gasteiger partial charge in [-0.1, -0.05) is 44.0 Å². The van der Waals surface area contributed by atoms with E-state index in [1.165, 1.54) is 30.9 Å². The molecule has 0 unspecified atom stereocenters. The Morgan fingerprint density at radius 2 is 1.56 bits per heavy atom. The van der Waals surface area contributed by atoms with Crippen molar-refractivity contribution >= 4 is 16.8 Å². The monoisotopic (exact) mass is 533 g/mol. The van der Waals surface area contributed by atoms with E-state index in [2.05, 4.69) is 12.2 Å². The number of carbonyl (C=O) groups is 1. The number of hydrogen-bond acceptors (Lipinski definition) is 5. The molecule has 0 aliphatic carbocycles. The van der Waals surface area contributed by atoms with Crippen LogP contribution in [-0.2, 0) is 13.1 Å². The lowest BCUT2D eigenvalue weighted by Gasteiger charge is -2.17. The Labute approximate surface area is 225 Å². The lowest BCUT2D eigenvalue weighted by molar-refractivity contribution is 0.0953. The number of aromatic nitrogens is 2. The van der Waals surface area contributed by atoms with Gasteiger partial charge in [-0.3, -0.25) is 18.7 Å². The summed E-state index contributed by atoms with van der Waals surface area (Å²) in [5, 5.41) is 3.16. The molecule has 1 amide bonds. The molecule has 0 spiro atoms. The number of unbranched alkanes of at least 4 members (excludes halogenated alkanes) is 2. The van der Waals surface area contributed by atoms with Gasteiger partial charge in [0.05, 0.1) is 38.2 Å². The van der Waals surface area contributed by atoms with Crippen molar-refractivity contribution in [3.05, 3.63) is 104 Å². The molecule has 0 bridgehead atoms. The normalized spacial score (nSPS) is 11.0. The minimum absolute atomic E-state index is 0.0104. The Kier molecular flexibility index (Phi) is 8.81. The Bertz CT molecular complexity index is 1590. The number of hydrogen-bond donors (Lipinski definition) is 1. The molecule has 0 saturated carbocycles. The fourth-order valence-corrected chi connectivity index (χ4v) is 4.48. The number of carbonyl (C=O) groups excluding carboxylic acids is 1. The molecule has 0 aliphatic heterocycles. The van der Waals surface area contributed by atoms with E-state index in [9.17, 15) is 18.8 Å². The fraction of sp³-hybridized carbons (Fsp3) is 0.300. The highest BCUT2D eigenvalue weighted by molar-refractivity contribution is 5.94. The predicted molar refractivity (Wildman–Crippen MR) is 148 cm³/mol. The van der Waals surface area contributed by atoms with Gasteiger partial charge in [-0.15, -0.1) is 0 Å². The van der Waals surface area contributed by atoms with Crippen molar-refractivity contribution in [2.24, 2.45) is 0 Å². The SMILES string of the molecule is CCCCCNC(=O)c1ccc(Cn2c(=O)c3cc(OC)c(OC)cc3n(Cc3cccc(F)c3)c2=O)cc1. The van der Waals surface area contributed by atoms with Gasteiger partial charge in [-0.25, -0.2) is 9.18 Å². The van der Waals surface area contributed by atoms with Crippen LogP contribution in [0.2, 0.25) is 0 Å². The molecule has 204 valence electrons. The molecule has 0 saturated heterocycles. The van der Waals surface area contributed by atoms with Gasteiger partial charge in [0.2, 0.25) is 0 Å². The van der Waals surface area contributed by atoms with Crippen molar-refractivity contribution < 1.29 is 18.7 Å². The summed E-state index contributed by atoms with van der Waals surface area (Å²) in [6.45, 7) is 2.74. The average molecular weight is 534 g/mol. The third-order valence-corrected chi connectivity index (χ3v) is 6.58. The van der Waals surface area contributed by atoms with Crippen molar-refractivity contribution in [1.82, 2.24) is 14.5 Å². The molecule has 4 rings (SSSR count). The first-order chi connectivity index (χ1) is 18.9. The van der Waals surface area contributed by atoms with Gasteiger partial charge in [0.25, 0.3) is 11.5 Å². The summed E-state index contributed by atoms with van der Waals surface area (Å²) < 4.78 is 27.3. The smallest absolute Gasteiger partial charge is 0.332 e. The topological polar surface area (TPSA) is 91.6 Å². The second-order valence-electron chi connectivity index (χ2n) is 9.27. The van der Waals surface area contributed by atoms with Gasteiger partial charge < -0.3 is 14.8 Å². The van der Waals surface area contributed by atoms with Crippen LogP contribution in [0.5, 0.6) is 11.5 Å². The van der Waals surface area contributed by atoms with Gasteiger partial charge >= 0.3 is 5.69 Å². The number of amides is 1. The summed E-state index contributed by atoms with van der Waals surface area (Å²) in [4.78, 5) is 39.7. The van der Waals surface area contributed by atoms with E-state index in [4.69, 9.17) is 9.47 Å². The molecule has 8 nitrogen and oxygen atoms in total. The fourth-order valence-electron chi connectivity index (χ4n) is 4.48. The number of nitrogens with one attached hydrogen (secondary N) is 1. The van der Waals surface area contributed by atoms with E-state index in [1.807, 2.05) is 0 Å². The van der Waals surface area contributed by atoms with Crippen LogP contribution in [0.15, 0.2) is 70.3 Å². The lowest BCUT2D eigenvalue weighted by Crippen LogP contribution is -2.40. The highest BCUT2D eigenvalue weighted by atomic mass is 19.1. The number of halogens is 1. The molecular weight excluding hydrogens is 501 g/mol. The van der Waals surface area contributed by atoms with E-state index in [-0.39, 0.29) is 24.4 Å². The lowest BCUT2D eigenvalue weighted by atomic mass is 10.1. The molecule has 9 heteroatoms. The van der Waals surface area contributed by atoms with E-state index in [0.29, 0.717) is 40.3 Å². The van der Waals surface area contributed by atoms with Crippen LogP contribution in [0.1, 0.15) is 47.7 Å². The number of fused-ring (bicyclic) bond motifs is 1. The van der Waals surface area contributed by atoms with Crippen molar-refractivity contribution in [3.63, 3.8) is 0 Å². The molecule has 0 aliphatic rings. The number of methoxy groups -OCH3 is 2. The van der Waals surface area contributed by atoms with Gasteiger partial charge in [-0.05, 0) is 47.9 Å². The van der Waals surface area contributed by atoms with Crippen molar-refractivity contribution in [1.29, 1.82) is 0 Å². The zero-order valence-corrected chi connectivity index (χ0v) is 22.3. The van der Waals surface area contributed by atoms with Crippen LogP contribution >= 0.6 is 0 Å². The quantitative estimate of drug-likeness (QED) is 0.290. The number of benzene rings is 3. The largest absolute Gasteiger partial charge is 0.493 e.